The Kier molecular flexibility index (Phi) is 5.69. The third-order valence-electron chi connectivity index (χ3n) is 2.73. The standard InChI is InChI=1S/C12H22N4O/c1-4-5-7-13-12(17)10(2)14-9-11-6-8-15-16(11)3/h6,8,10,14H,4-5,7,9H2,1-3H3,(H,13,17). The molecule has 1 heterocycles. The summed E-state index contributed by atoms with van der Waals surface area (Å²) in [6, 6.07) is 1.76. The van der Waals surface area contributed by atoms with E-state index in [-0.39, 0.29) is 11.9 Å². The lowest BCUT2D eigenvalue weighted by Crippen LogP contribution is -2.42. The molecule has 0 radical (unpaired) electrons. The van der Waals surface area contributed by atoms with E-state index in [0.717, 1.165) is 25.1 Å². The molecule has 0 aliphatic heterocycles. The number of aromatic nitrogens is 2. The maximum Gasteiger partial charge on any atom is 0.236 e. The number of amides is 1. The third-order valence-corrected chi connectivity index (χ3v) is 2.73. The predicted octanol–water partition coefficient (Wildman–Crippen LogP) is 0.814. The van der Waals surface area contributed by atoms with Gasteiger partial charge in [0.15, 0.2) is 0 Å². The lowest BCUT2D eigenvalue weighted by Gasteiger charge is -2.13. The highest BCUT2D eigenvalue weighted by Gasteiger charge is 2.11. The second-order valence-electron chi connectivity index (χ2n) is 4.19. The first-order chi connectivity index (χ1) is 8.15. The molecule has 1 aromatic heterocycles. The molecule has 17 heavy (non-hydrogen) atoms. The lowest BCUT2D eigenvalue weighted by atomic mass is 10.2. The average molecular weight is 238 g/mol. The third kappa shape index (κ3) is 4.56. The Hall–Kier alpha value is -1.36. The smallest absolute Gasteiger partial charge is 0.236 e. The van der Waals surface area contributed by atoms with Crippen LogP contribution in [0.4, 0.5) is 0 Å². The largest absolute Gasteiger partial charge is 0.355 e. The highest BCUT2D eigenvalue weighted by Crippen LogP contribution is 1.96. The van der Waals surface area contributed by atoms with Crippen LogP contribution in [0.15, 0.2) is 12.3 Å². The fourth-order valence-electron chi connectivity index (χ4n) is 1.47. The maximum absolute atomic E-state index is 11.7. The lowest BCUT2D eigenvalue weighted by molar-refractivity contribution is -0.122. The average Bonchev–Trinajstić information content (AvgIpc) is 2.72. The van der Waals surface area contributed by atoms with Crippen molar-refractivity contribution in [1.82, 2.24) is 20.4 Å². The highest BCUT2D eigenvalue weighted by molar-refractivity contribution is 5.81. The normalized spacial score (nSPS) is 12.4. The minimum absolute atomic E-state index is 0.0561. The molecule has 0 saturated heterocycles. The summed E-state index contributed by atoms with van der Waals surface area (Å²) in [6.45, 7) is 5.39. The fraction of sp³-hybridized carbons (Fsp3) is 0.667. The van der Waals surface area contributed by atoms with E-state index in [9.17, 15) is 4.79 Å². The zero-order chi connectivity index (χ0) is 12.7. The summed E-state index contributed by atoms with van der Waals surface area (Å²) in [6.07, 6.45) is 3.88. The van der Waals surface area contributed by atoms with Gasteiger partial charge in [-0.1, -0.05) is 13.3 Å². The topological polar surface area (TPSA) is 59.0 Å². The molecule has 1 aromatic rings. The molecule has 5 nitrogen and oxygen atoms in total. The SMILES string of the molecule is CCCCNC(=O)C(C)NCc1ccnn1C. The Bertz CT molecular complexity index is 348. The van der Waals surface area contributed by atoms with Crippen LogP contribution >= 0.6 is 0 Å². The van der Waals surface area contributed by atoms with Gasteiger partial charge >= 0.3 is 0 Å². The molecule has 0 fully saturated rings. The van der Waals surface area contributed by atoms with Gasteiger partial charge in [-0.3, -0.25) is 9.48 Å². The summed E-state index contributed by atoms with van der Waals surface area (Å²) >= 11 is 0. The second-order valence-corrected chi connectivity index (χ2v) is 4.19. The van der Waals surface area contributed by atoms with Crippen molar-refractivity contribution in [3.8, 4) is 0 Å². The van der Waals surface area contributed by atoms with Gasteiger partial charge in [0.2, 0.25) is 5.91 Å². The molecule has 0 saturated carbocycles. The molecule has 1 amide bonds. The molecule has 1 unspecified atom stereocenters. The summed E-state index contributed by atoms with van der Waals surface area (Å²) < 4.78 is 1.80. The predicted molar refractivity (Wildman–Crippen MR) is 67.4 cm³/mol. The number of unbranched alkanes of at least 4 members (excludes halogenated alkanes) is 1. The molecular formula is C12H22N4O. The van der Waals surface area contributed by atoms with Gasteiger partial charge in [0.25, 0.3) is 0 Å². The number of hydrogen-bond acceptors (Lipinski definition) is 3. The summed E-state index contributed by atoms with van der Waals surface area (Å²) in [4.78, 5) is 11.7. The minimum Gasteiger partial charge on any atom is -0.355 e. The first-order valence-electron chi connectivity index (χ1n) is 6.13. The van der Waals surface area contributed by atoms with Crippen molar-refractivity contribution in [3.05, 3.63) is 18.0 Å². The van der Waals surface area contributed by atoms with Gasteiger partial charge in [0.05, 0.1) is 11.7 Å². The Morgan fingerprint density at radius 3 is 2.94 bits per heavy atom. The van der Waals surface area contributed by atoms with E-state index in [0.29, 0.717) is 6.54 Å². The Balaban J connectivity index is 2.27. The Morgan fingerprint density at radius 1 is 1.59 bits per heavy atom. The van der Waals surface area contributed by atoms with Crippen LogP contribution in [-0.4, -0.2) is 28.3 Å². The monoisotopic (exact) mass is 238 g/mol. The van der Waals surface area contributed by atoms with Gasteiger partial charge in [-0.15, -0.1) is 0 Å². The number of hydrogen-bond donors (Lipinski definition) is 2. The van der Waals surface area contributed by atoms with Crippen molar-refractivity contribution in [2.45, 2.75) is 39.3 Å². The number of carbonyl (C=O) groups excluding carboxylic acids is 1. The van der Waals surface area contributed by atoms with Gasteiger partial charge in [0.1, 0.15) is 0 Å². The van der Waals surface area contributed by atoms with Gasteiger partial charge in [-0.2, -0.15) is 5.10 Å². The minimum atomic E-state index is -0.179. The van der Waals surface area contributed by atoms with Crippen molar-refractivity contribution >= 4 is 5.91 Å². The van der Waals surface area contributed by atoms with Crippen LogP contribution in [0, 0.1) is 0 Å². The quantitative estimate of drug-likeness (QED) is 0.691. The van der Waals surface area contributed by atoms with Gasteiger partial charge in [-0.25, -0.2) is 0 Å². The van der Waals surface area contributed by atoms with Crippen LogP contribution in [0.25, 0.3) is 0 Å². The molecule has 1 atom stereocenters. The summed E-state index contributed by atoms with van der Waals surface area (Å²) in [5.74, 6) is 0.0561. The summed E-state index contributed by atoms with van der Waals surface area (Å²) in [5, 5.41) is 10.2. The van der Waals surface area contributed by atoms with E-state index in [1.54, 1.807) is 10.9 Å². The van der Waals surface area contributed by atoms with E-state index in [2.05, 4.69) is 22.7 Å². The Morgan fingerprint density at radius 2 is 2.35 bits per heavy atom. The zero-order valence-electron chi connectivity index (χ0n) is 10.9. The number of carbonyl (C=O) groups is 1. The first kappa shape index (κ1) is 13.7. The molecule has 96 valence electrons. The highest BCUT2D eigenvalue weighted by atomic mass is 16.2. The van der Waals surface area contributed by atoms with Crippen molar-refractivity contribution in [2.24, 2.45) is 7.05 Å². The molecule has 5 heteroatoms. The van der Waals surface area contributed by atoms with E-state index in [1.165, 1.54) is 0 Å². The second kappa shape index (κ2) is 7.06. The fourth-order valence-corrected chi connectivity index (χ4v) is 1.47. The van der Waals surface area contributed by atoms with Crippen molar-refractivity contribution < 1.29 is 4.79 Å². The molecule has 0 aliphatic carbocycles. The van der Waals surface area contributed by atoms with Gasteiger partial charge in [0, 0.05) is 26.3 Å². The van der Waals surface area contributed by atoms with E-state index < -0.39 is 0 Å². The molecule has 0 aromatic carbocycles. The van der Waals surface area contributed by atoms with Crippen molar-refractivity contribution in [2.75, 3.05) is 6.54 Å². The number of nitrogens with one attached hydrogen (secondary N) is 2. The molecule has 0 spiro atoms. The first-order valence-corrected chi connectivity index (χ1v) is 6.13. The summed E-state index contributed by atoms with van der Waals surface area (Å²) in [5.41, 5.74) is 1.07. The molecule has 2 N–H and O–H groups in total. The number of aryl methyl sites for hydroxylation is 1. The van der Waals surface area contributed by atoms with Gasteiger partial charge < -0.3 is 10.6 Å². The molecule has 0 bridgehead atoms. The van der Waals surface area contributed by atoms with Crippen LogP contribution < -0.4 is 10.6 Å². The Labute approximate surface area is 103 Å². The number of rotatable bonds is 7. The molecule has 0 aliphatic rings. The van der Waals surface area contributed by atoms with Crippen LogP contribution in [-0.2, 0) is 18.4 Å². The van der Waals surface area contributed by atoms with Crippen LogP contribution in [0.3, 0.4) is 0 Å². The van der Waals surface area contributed by atoms with E-state index in [4.69, 9.17) is 0 Å². The van der Waals surface area contributed by atoms with Crippen LogP contribution in [0.1, 0.15) is 32.4 Å². The molecular weight excluding hydrogens is 216 g/mol. The van der Waals surface area contributed by atoms with Crippen molar-refractivity contribution in [3.63, 3.8) is 0 Å². The summed E-state index contributed by atoms with van der Waals surface area (Å²) in [7, 11) is 1.89. The van der Waals surface area contributed by atoms with Gasteiger partial charge in [-0.05, 0) is 19.4 Å². The number of nitrogens with zero attached hydrogens (tertiary/aromatic N) is 2. The maximum atomic E-state index is 11.7. The van der Waals surface area contributed by atoms with E-state index >= 15 is 0 Å². The molecule has 1 rings (SSSR count). The van der Waals surface area contributed by atoms with Crippen molar-refractivity contribution in [1.29, 1.82) is 0 Å². The van der Waals surface area contributed by atoms with Crippen LogP contribution in [0.5, 0.6) is 0 Å². The van der Waals surface area contributed by atoms with Crippen LogP contribution in [0.2, 0.25) is 0 Å². The van der Waals surface area contributed by atoms with E-state index in [1.807, 2.05) is 20.0 Å². The zero-order valence-corrected chi connectivity index (χ0v) is 10.9.